The number of aromatic nitrogens is 4. The van der Waals surface area contributed by atoms with E-state index in [1.807, 2.05) is 24.5 Å². The zero-order chi connectivity index (χ0) is 24.7. The van der Waals surface area contributed by atoms with Crippen molar-refractivity contribution in [2.45, 2.75) is 26.3 Å². The van der Waals surface area contributed by atoms with Crippen LogP contribution in [0, 0.1) is 0 Å². The average molecular weight is 486 g/mol. The molecule has 0 spiro atoms. The van der Waals surface area contributed by atoms with Gasteiger partial charge in [0.15, 0.2) is 0 Å². The summed E-state index contributed by atoms with van der Waals surface area (Å²) in [4.78, 5) is 24.6. The van der Waals surface area contributed by atoms with Crippen LogP contribution in [0.2, 0.25) is 0 Å². The second-order valence-electron chi connectivity index (χ2n) is 7.91. The molecule has 10 nitrogen and oxygen atoms in total. The first-order valence-corrected chi connectivity index (χ1v) is 11.2. The summed E-state index contributed by atoms with van der Waals surface area (Å²) in [5.41, 5.74) is 1.58. The number of benzene rings is 1. The van der Waals surface area contributed by atoms with Gasteiger partial charge in [0.05, 0.1) is 13.1 Å². The summed E-state index contributed by atoms with van der Waals surface area (Å²) in [6, 6.07) is 17.4. The van der Waals surface area contributed by atoms with Gasteiger partial charge in [-0.1, -0.05) is 24.3 Å². The minimum absolute atomic E-state index is 0.0829. The third-order valence-corrected chi connectivity index (χ3v) is 5.24. The Balaban J connectivity index is 1.07. The number of nitrogens with zero attached hydrogens (tertiary/aromatic N) is 4. The van der Waals surface area contributed by atoms with Crippen LogP contribution in [0.3, 0.4) is 0 Å². The van der Waals surface area contributed by atoms with E-state index in [0.717, 1.165) is 11.1 Å². The molecule has 10 heteroatoms. The lowest BCUT2D eigenvalue weighted by Crippen LogP contribution is -2.05. The number of hydrogen-bond acceptors (Lipinski definition) is 8. The van der Waals surface area contributed by atoms with E-state index in [-0.39, 0.29) is 24.7 Å². The van der Waals surface area contributed by atoms with E-state index in [1.54, 1.807) is 70.3 Å². The fourth-order valence-corrected chi connectivity index (χ4v) is 3.42. The molecule has 4 aromatic heterocycles. The Labute approximate surface area is 205 Å². The number of carbonyl (C=O) groups is 2. The van der Waals surface area contributed by atoms with Crippen molar-refractivity contribution in [3.8, 4) is 0 Å². The van der Waals surface area contributed by atoms with Crippen molar-refractivity contribution >= 4 is 11.9 Å². The molecule has 5 aromatic rings. The van der Waals surface area contributed by atoms with E-state index < -0.39 is 11.9 Å². The molecule has 0 aliphatic carbocycles. The number of furan rings is 2. The van der Waals surface area contributed by atoms with E-state index in [9.17, 15) is 9.59 Å². The quantitative estimate of drug-likeness (QED) is 0.271. The third kappa shape index (κ3) is 5.79. The van der Waals surface area contributed by atoms with E-state index in [4.69, 9.17) is 18.3 Å². The van der Waals surface area contributed by atoms with Crippen molar-refractivity contribution in [1.29, 1.82) is 0 Å². The lowest BCUT2D eigenvalue weighted by atomic mass is 10.1. The van der Waals surface area contributed by atoms with Gasteiger partial charge in [0.2, 0.25) is 11.5 Å². The van der Waals surface area contributed by atoms with Gasteiger partial charge in [-0.15, -0.1) is 0 Å². The van der Waals surface area contributed by atoms with Crippen LogP contribution in [0.25, 0.3) is 0 Å². The average Bonchev–Trinajstić information content (AvgIpc) is 3.71. The number of carbonyl (C=O) groups excluding carboxylic acids is 2. The predicted molar refractivity (Wildman–Crippen MR) is 125 cm³/mol. The molecule has 36 heavy (non-hydrogen) atoms. The summed E-state index contributed by atoms with van der Waals surface area (Å²) in [6.07, 6.45) is 6.96. The molecule has 0 bridgehead atoms. The van der Waals surface area contributed by atoms with E-state index in [0.29, 0.717) is 24.6 Å². The molecule has 0 unspecified atom stereocenters. The Morgan fingerprint density at radius 1 is 0.667 bits per heavy atom. The molecule has 182 valence electrons. The molecule has 4 heterocycles. The maximum atomic E-state index is 12.3. The van der Waals surface area contributed by atoms with Gasteiger partial charge in [0.1, 0.15) is 24.7 Å². The fourth-order valence-electron chi connectivity index (χ4n) is 3.42. The highest BCUT2D eigenvalue weighted by molar-refractivity contribution is 5.86. The maximum absolute atomic E-state index is 12.3. The van der Waals surface area contributed by atoms with Gasteiger partial charge >= 0.3 is 11.9 Å². The molecular formula is C26H22N4O6. The van der Waals surface area contributed by atoms with Crippen molar-refractivity contribution < 1.29 is 27.9 Å². The lowest BCUT2D eigenvalue weighted by molar-refractivity contribution is 0.0422. The molecular weight excluding hydrogens is 464 g/mol. The van der Waals surface area contributed by atoms with Crippen molar-refractivity contribution in [1.82, 2.24) is 19.6 Å². The van der Waals surface area contributed by atoms with E-state index >= 15 is 0 Å². The Kier molecular flexibility index (Phi) is 6.74. The minimum atomic E-state index is -0.551. The molecule has 1 aromatic carbocycles. The van der Waals surface area contributed by atoms with Crippen molar-refractivity contribution in [3.05, 3.63) is 120 Å². The van der Waals surface area contributed by atoms with Crippen molar-refractivity contribution in [2.24, 2.45) is 0 Å². The van der Waals surface area contributed by atoms with Gasteiger partial charge in [-0.05, 0) is 47.5 Å². The van der Waals surface area contributed by atoms with Gasteiger partial charge in [-0.25, -0.2) is 9.59 Å². The van der Waals surface area contributed by atoms with E-state index in [1.165, 1.54) is 0 Å². The van der Waals surface area contributed by atoms with Crippen LogP contribution in [0.4, 0.5) is 0 Å². The summed E-state index contributed by atoms with van der Waals surface area (Å²) in [7, 11) is 0. The number of hydrogen-bond donors (Lipinski definition) is 0. The first-order chi connectivity index (χ1) is 17.6. The minimum Gasteiger partial charge on any atom is -0.455 e. The Hall–Kier alpha value is -4.86. The van der Waals surface area contributed by atoms with Gasteiger partial charge in [-0.3, -0.25) is 9.36 Å². The van der Waals surface area contributed by atoms with Crippen LogP contribution in [0.1, 0.15) is 43.8 Å². The van der Waals surface area contributed by atoms with Crippen LogP contribution < -0.4 is 0 Å². The summed E-state index contributed by atoms with van der Waals surface area (Å²) in [6.45, 7) is 1.02. The molecule has 0 saturated carbocycles. The highest BCUT2D eigenvalue weighted by Gasteiger charge is 2.15. The normalized spacial score (nSPS) is 10.9. The largest absolute Gasteiger partial charge is 0.455 e. The van der Waals surface area contributed by atoms with Gasteiger partial charge in [0, 0.05) is 24.8 Å². The highest BCUT2D eigenvalue weighted by atomic mass is 16.5. The van der Waals surface area contributed by atoms with Crippen LogP contribution in [-0.4, -0.2) is 31.5 Å². The SMILES string of the molecule is O=C(OCc1ccc(COC(=O)c2ccc(Cn3cccn3)o2)cc1)c1ccc(Cn2cccn2)o1. The van der Waals surface area contributed by atoms with Gasteiger partial charge < -0.3 is 18.3 Å². The van der Waals surface area contributed by atoms with Crippen LogP contribution in [0.5, 0.6) is 0 Å². The Morgan fingerprint density at radius 2 is 1.11 bits per heavy atom. The van der Waals surface area contributed by atoms with Crippen molar-refractivity contribution in [3.63, 3.8) is 0 Å². The topological polar surface area (TPSA) is 115 Å². The third-order valence-electron chi connectivity index (χ3n) is 5.24. The Morgan fingerprint density at radius 3 is 1.50 bits per heavy atom. The predicted octanol–water partition coefficient (Wildman–Crippen LogP) is 4.08. The second-order valence-corrected chi connectivity index (χ2v) is 7.91. The summed E-state index contributed by atoms with van der Waals surface area (Å²) in [5.74, 6) is 0.370. The number of esters is 2. The zero-order valence-corrected chi connectivity index (χ0v) is 19.1. The summed E-state index contributed by atoms with van der Waals surface area (Å²) in [5, 5.41) is 8.21. The van der Waals surface area contributed by atoms with Gasteiger partial charge in [0.25, 0.3) is 0 Å². The monoisotopic (exact) mass is 486 g/mol. The highest BCUT2D eigenvalue weighted by Crippen LogP contribution is 2.15. The maximum Gasteiger partial charge on any atom is 0.374 e. The Bertz CT molecular complexity index is 1310. The molecule has 0 radical (unpaired) electrons. The summed E-state index contributed by atoms with van der Waals surface area (Å²) >= 11 is 0. The first-order valence-electron chi connectivity index (χ1n) is 11.2. The second kappa shape index (κ2) is 10.6. The van der Waals surface area contributed by atoms with Crippen molar-refractivity contribution in [2.75, 3.05) is 0 Å². The molecule has 0 amide bonds. The number of rotatable bonds is 10. The van der Waals surface area contributed by atoms with Crippen LogP contribution in [-0.2, 0) is 35.8 Å². The smallest absolute Gasteiger partial charge is 0.374 e. The van der Waals surface area contributed by atoms with E-state index in [2.05, 4.69) is 10.2 Å². The lowest BCUT2D eigenvalue weighted by Gasteiger charge is -2.06. The van der Waals surface area contributed by atoms with Gasteiger partial charge in [-0.2, -0.15) is 10.2 Å². The number of ether oxygens (including phenoxy) is 2. The van der Waals surface area contributed by atoms with Crippen LogP contribution in [0.15, 0.2) is 94.3 Å². The first kappa shape index (κ1) is 22.9. The molecule has 0 aliphatic heterocycles. The standard InChI is InChI=1S/C26H22N4O6/c31-25(23-9-7-21(35-23)15-29-13-1-11-27-29)33-17-19-3-5-20(6-4-19)18-34-26(32)24-10-8-22(36-24)16-30-14-2-12-28-30/h1-14H,15-18H2. The fraction of sp³-hybridized carbons (Fsp3) is 0.154. The molecule has 5 rings (SSSR count). The molecule has 0 atom stereocenters. The van der Waals surface area contributed by atoms with Crippen LogP contribution >= 0.6 is 0 Å². The molecule has 0 saturated heterocycles. The molecule has 0 N–H and O–H groups in total. The molecule has 0 fully saturated rings. The zero-order valence-electron chi connectivity index (χ0n) is 19.1. The molecule has 0 aliphatic rings. The summed E-state index contributed by atoms with van der Waals surface area (Å²) < 4.78 is 25.2.